The van der Waals surface area contributed by atoms with Crippen molar-refractivity contribution in [1.82, 2.24) is 5.43 Å². The number of aryl methyl sites for hydroxylation is 1. The van der Waals surface area contributed by atoms with E-state index in [1.54, 1.807) is 18.3 Å². The maximum Gasteiger partial charge on any atom is 0.307 e. The Morgan fingerprint density at radius 2 is 1.77 bits per heavy atom. The molecule has 1 heterocycles. The second kappa shape index (κ2) is 9.49. The van der Waals surface area contributed by atoms with Gasteiger partial charge in [-0.15, -0.1) is 0 Å². The lowest BCUT2D eigenvalue weighted by molar-refractivity contribution is 0.0929. The van der Waals surface area contributed by atoms with E-state index >= 15 is 0 Å². The lowest BCUT2D eigenvalue weighted by atomic mass is 10.1. The van der Waals surface area contributed by atoms with Gasteiger partial charge in [0.05, 0.1) is 6.21 Å². The van der Waals surface area contributed by atoms with Crippen LogP contribution in [0.25, 0.3) is 11.0 Å². The van der Waals surface area contributed by atoms with Crippen molar-refractivity contribution in [3.8, 4) is 5.75 Å². The molecule has 0 saturated carbocycles. The maximum atomic E-state index is 12.4. The predicted molar refractivity (Wildman–Crippen MR) is 129 cm³/mol. The van der Waals surface area contributed by atoms with Crippen molar-refractivity contribution in [2.24, 2.45) is 5.10 Å². The molecule has 0 radical (unpaired) electrons. The molecule has 4 rings (SSSR count). The molecule has 0 fully saturated rings. The van der Waals surface area contributed by atoms with Crippen molar-refractivity contribution in [2.75, 3.05) is 0 Å². The van der Waals surface area contributed by atoms with Gasteiger partial charge in [-0.05, 0) is 55.0 Å². The number of furan rings is 1. The van der Waals surface area contributed by atoms with E-state index in [-0.39, 0.29) is 5.76 Å². The van der Waals surface area contributed by atoms with Crippen LogP contribution in [0, 0.1) is 6.92 Å². The van der Waals surface area contributed by atoms with Gasteiger partial charge in [0.15, 0.2) is 5.76 Å². The molecule has 4 aromatic rings. The summed E-state index contributed by atoms with van der Waals surface area (Å²) in [7, 11) is 0. The highest BCUT2D eigenvalue weighted by Gasteiger charge is 2.12. The number of rotatable bonds is 6. The van der Waals surface area contributed by atoms with Crippen LogP contribution in [-0.2, 0) is 6.61 Å². The summed E-state index contributed by atoms with van der Waals surface area (Å²) < 4.78 is 13.3. The first kappa shape index (κ1) is 21.3. The van der Waals surface area contributed by atoms with Crippen molar-refractivity contribution < 1.29 is 13.9 Å². The van der Waals surface area contributed by atoms with Gasteiger partial charge >= 0.3 is 5.91 Å². The van der Waals surface area contributed by atoms with Gasteiger partial charge in [-0.3, -0.25) is 4.79 Å². The van der Waals surface area contributed by atoms with E-state index in [4.69, 9.17) is 9.15 Å². The van der Waals surface area contributed by atoms with Gasteiger partial charge in [0.1, 0.15) is 17.9 Å². The lowest BCUT2D eigenvalue weighted by Gasteiger charge is -2.10. The minimum atomic E-state index is -0.430. The highest BCUT2D eigenvalue weighted by Crippen LogP contribution is 2.24. The molecule has 0 saturated heterocycles. The molecule has 3 aromatic carbocycles. The van der Waals surface area contributed by atoms with Crippen LogP contribution in [0.15, 0.2) is 85.2 Å². The number of hydrogen-bond acceptors (Lipinski definition) is 4. The number of benzene rings is 3. The van der Waals surface area contributed by atoms with E-state index in [2.05, 4.69) is 54.5 Å². The van der Waals surface area contributed by atoms with Crippen LogP contribution >= 0.6 is 31.9 Å². The van der Waals surface area contributed by atoms with Gasteiger partial charge in [0.2, 0.25) is 0 Å². The number of amides is 1. The number of fused-ring (bicyclic) bond motifs is 1. The van der Waals surface area contributed by atoms with Crippen molar-refractivity contribution >= 4 is 55.0 Å². The van der Waals surface area contributed by atoms with Crippen LogP contribution in [0.3, 0.4) is 0 Å². The molecule has 0 aliphatic rings. The van der Waals surface area contributed by atoms with Gasteiger partial charge in [0, 0.05) is 19.9 Å². The fraction of sp³-hybridized carbons (Fsp3) is 0.0833. The average Bonchev–Trinajstić information content (AvgIpc) is 3.17. The summed E-state index contributed by atoms with van der Waals surface area (Å²) >= 11 is 6.87. The first-order chi connectivity index (χ1) is 15.0. The Morgan fingerprint density at radius 3 is 2.58 bits per heavy atom. The largest absolute Gasteiger partial charge is 0.488 e. The Kier molecular flexibility index (Phi) is 6.53. The van der Waals surface area contributed by atoms with Crippen molar-refractivity contribution in [2.45, 2.75) is 13.5 Å². The Labute approximate surface area is 196 Å². The van der Waals surface area contributed by atoms with Crippen molar-refractivity contribution in [1.29, 1.82) is 0 Å². The minimum Gasteiger partial charge on any atom is -0.488 e. The van der Waals surface area contributed by atoms with E-state index in [0.717, 1.165) is 25.5 Å². The molecule has 0 atom stereocenters. The summed E-state index contributed by atoms with van der Waals surface area (Å²) in [4.78, 5) is 12.4. The molecule has 7 heteroatoms. The molecular weight excluding hydrogens is 524 g/mol. The molecule has 5 nitrogen and oxygen atoms in total. The molecule has 0 aliphatic heterocycles. The fourth-order valence-corrected chi connectivity index (χ4v) is 3.70. The highest BCUT2D eigenvalue weighted by atomic mass is 79.9. The highest BCUT2D eigenvalue weighted by molar-refractivity contribution is 9.10. The molecular formula is C24H18Br2N2O3. The van der Waals surface area contributed by atoms with Gasteiger partial charge in [-0.1, -0.05) is 61.7 Å². The number of hydrazone groups is 1. The Hall–Kier alpha value is -2.90. The third-order valence-electron chi connectivity index (χ3n) is 4.56. The first-order valence-electron chi connectivity index (χ1n) is 9.48. The minimum absolute atomic E-state index is 0.190. The van der Waals surface area contributed by atoms with Crippen molar-refractivity contribution in [3.05, 3.63) is 98.1 Å². The number of nitrogens with one attached hydrogen (secondary N) is 1. The number of halogens is 2. The number of carbonyl (C=O) groups is 1. The molecule has 1 amide bonds. The Balaban J connectivity index is 1.45. The molecule has 0 spiro atoms. The van der Waals surface area contributed by atoms with Crippen molar-refractivity contribution in [3.63, 3.8) is 0 Å². The smallest absolute Gasteiger partial charge is 0.307 e. The third kappa shape index (κ3) is 5.42. The van der Waals surface area contributed by atoms with Gasteiger partial charge in [-0.25, -0.2) is 5.43 Å². The SMILES string of the molecule is Cc1ccc(COc2ccc(Br)cc2/C=N/NC(=O)c2cc3cc(Br)ccc3o2)cc1. The zero-order valence-corrected chi connectivity index (χ0v) is 19.7. The second-order valence-corrected chi connectivity index (χ2v) is 8.78. The molecule has 0 aliphatic carbocycles. The molecule has 156 valence electrons. The number of nitrogens with zero attached hydrogens (tertiary/aromatic N) is 1. The predicted octanol–water partition coefficient (Wildman–Crippen LogP) is 6.61. The van der Waals surface area contributed by atoms with E-state index in [0.29, 0.717) is 17.9 Å². The van der Waals surface area contributed by atoms with Crippen LogP contribution in [0.4, 0.5) is 0 Å². The van der Waals surface area contributed by atoms with Crippen LogP contribution in [0.5, 0.6) is 5.75 Å². The fourth-order valence-electron chi connectivity index (χ4n) is 2.94. The first-order valence-corrected chi connectivity index (χ1v) is 11.1. The third-order valence-corrected chi connectivity index (χ3v) is 5.55. The average molecular weight is 542 g/mol. The number of hydrogen-bond donors (Lipinski definition) is 1. The van der Waals surface area contributed by atoms with Crippen LogP contribution in [0.1, 0.15) is 27.2 Å². The molecule has 1 aromatic heterocycles. The maximum absolute atomic E-state index is 12.4. The summed E-state index contributed by atoms with van der Waals surface area (Å²) in [5, 5.41) is 4.91. The molecule has 31 heavy (non-hydrogen) atoms. The Bertz CT molecular complexity index is 1260. The molecule has 0 unspecified atom stereocenters. The van der Waals surface area contributed by atoms with Gasteiger partial charge in [0.25, 0.3) is 0 Å². The standard InChI is InChI=1S/C24H18Br2N2O3/c1-15-2-4-16(5-3-15)14-30-21-8-6-20(26)11-18(21)13-27-28-24(29)23-12-17-10-19(25)7-9-22(17)31-23/h2-13H,14H2,1H3,(H,28,29)/b27-13+. The summed E-state index contributed by atoms with van der Waals surface area (Å²) in [6.45, 7) is 2.48. The van der Waals surface area contributed by atoms with Crippen LogP contribution in [0.2, 0.25) is 0 Å². The van der Waals surface area contributed by atoms with E-state index in [9.17, 15) is 4.79 Å². The van der Waals surface area contributed by atoms with E-state index < -0.39 is 5.91 Å². The van der Waals surface area contributed by atoms with Gasteiger partial charge < -0.3 is 9.15 Å². The van der Waals surface area contributed by atoms with E-state index in [1.807, 2.05) is 49.4 Å². The summed E-state index contributed by atoms with van der Waals surface area (Å²) in [6, 6.07) is 21.0. The summed E-state index contributed by atoms with van der Waals surface area (Å²) in [5.74, 6) is 0.423. The number of carbonyl (C=O) groups excluding carboxylic acids is 1. The van der Waals surface area contributed by atoms with Gasteiger partial charge in [-0.2, -0.15) is 5.10 Å². The lowest BCUT2D eigenvalue weighted by Crippen LogP contribution is -2.16. The summed E-state index contributed by atoms with van der Waals surface area (Å²) in [6.07, 6.45) is 1.55. The zero-order valence-electron chi connectivity index (χ0n) is 16.6. The topological polar surface area (TPSA) is 63.8 Å². The van der Waals surface area contributed by atoms with Crippen LogP contribution < -0.4 is 10.2 Å². The zero-order chi connectivity index (χ0) is 21.8. The molecule has 1 N–H and O–H groups in total. The normalized spacial score (nSPS) is 11.2. The summed E-state index contributed by atoms with van der Waals surface area (Å²) in [5.41, 5.74) is 6.14. The van der Waals surface area contributed by atoms with Crippen LogP contribution in [-0.4, -0.2) is 12.1 Å². The quantitative estimate of drug-likeness (QED) is 0.221. The monoisotopic (exact) mass is 540 g/mol. The second-order valence-electron chi connectivity index (χ2n) is 6.95. The number of ether oxygens (including phenoxy) is 1. The van der Waals surface area contributed by atoms with E-state index in [1.165, 1.54) is 5.56 Å². The molecule has 0 bridgehead atoms. The Morgan fingerprint density at radius 1 is 1.03 bits per heavy atom.